The minimum atomic E-state index is -0.806. The smallest absolute Gasteiger partial charge is 0.319 e. The second-order valence-electron chi connectivity index (χ2n) is 6.05. The summed E-state index contributed by atoms with van der Waals surface area (Å²) in [6.45, 7) is 5.03. The molecule has 114 valence electrons. The first kappa shape index (κ1) is 15.1. The summed E-state index contributed by atoms with van der Waals surface area (Å²) < 4.78 is 5.32. The van der Waals surface area contributed by atoms with Gasteiger partial charge in [-0.2, -0.15) is 0 Å². The largest absolute Gasteiger partial charge is 0.481 e. The molecule has 0 aliphatic carbocycles. The van der Waals surface area contributed by atoms with E-state index in [1.807, 2.05) is 6.92 Å². The Bertz CT molecular complexity index is 368. The molecule has 0 bridgehead atoms. The molecule has 0 saturated carbocycles. The van der Waals surface area contributed by atoms with Gasteiger partial charge in [0.05, 0.1) is 5.92 Å². The van der Waals surface area contributed by atoms with E-state index in [0.717, 1.165) is 32.6 Å². The first-order chi connectivity index (χ1) is 9.49. The number of amides is 2. The molecule has 2 amide bonds. The molecule has 6 heteroatoms. The number of nitrogens with zero attached hydrogens (tertiary/aromatic N) is 2. The fourth-order valence-electron chi connectivity index (χ4n) is 3.08. The molecule has 2 aliphatic rings. The van der Waals surface area contributed by atoms with Gasteiger partial charge in [0.15, 0.2) is 0 Å². The van der Waals surface area contributed by atoms with E-state index in [1.54, 1.807) is 16.8 Å². The second-order valence-corrected chi connectivity index (χ2v) is 6.05. The number of carbonyl (C=O) groups is 2. The summed E-state index contributed by atoms with van der Waals surface area (Å²) in [5, 5.41) is 9.12. The zero-order valence-electron chi connectivity index (χ0n) is 12.2. The molecule has 0 aromatic heterocycles. The lowest BCUT2D eigenvalue weighted by Crippen LogP contribution is -2.43. The van der Waals surface area contributed by atoms with Gasteiger partial charge in [-0.3, -0.25) is 4.79 Å². The van der Waals surface area contributed by atoms with Gasteiger partial charge in [-0.1, -0.05) is 6.92 Å². The van der Waals surface area contributed by atoms with Crippen LogP contribution in [0.1, 0.15) is 19.8 Å². The van der Waals surface area contributed by atoms with Crippen LogP contribution in [0.3, 0.4) is 0 Å². The molecule has 2 fully saturated rings. The van der Waals surface area contributed by atoms with Gasteiger partial charge in [0.1, 0.15) is 0 Å². The summed E-state index contributed by atoms with van der Waals surface area (Å²) in [7, 11) is 1.80. The van der Waals surface area contributed by atoms with E-state index in [-0.39, 0.29) is 11.9 Å². The van der Waals surface area contributed by atoms with Crippen molar-refractivity contribution in [1.82, 2.24) is 9.80 Å². The monoisotopic (exact) mass is 284 g/mol. The lowest BCUT2D eigenvalue weighted by molar-refractivity contribution is -0.142. The molecule has 0 radical (unpaired) electrons. The zero-order valence-corrected chi connectivity index (χ0v) is 12.2. The van der Waals surface area contributed by atoms with Crippen molar-refractivity contribution in [1.29, 1.82) is 0 Å². The zero-order chi connectivity index (χ0) is 14.7. The molecule has 1 N–H and O–H groups in total. The maximum atomic E-state index is 12.4. The Balaban J connectivity index is 1.85. The molecule has 2 aliphatic heterocycles. The first-order valence-corrected chi connectivity index (χ1v) is 7.29. The summed E-state index contributed by atoms with van der Waals surface area (Å²) in [5.74, 6) is -0.726. The van der Waals surface area contributed by atoms with Crippen molar-refractivity contribution in [3.05, 3.63) is 0 Å². The standard InChI is InChI=1S/C14H24N2O4/c1-10-7-16(9-12(10)13(17)18)14(19)15(2)8-11-3-5-20-6-4-11/h10-12H,3-9H2,1-2H3,(H,17,18)/t10-,12-/m1/s1. The van der Waals surface area contributed by atoms with E-state index < -0.39 is 11.9 Å². The highest BCUT2D eigenvalue weighted by molar-refractivity contribution is 5.77. The molecule has 2 heterocycles. The fourth-order valence-corrected chi connectivity index (χ4v) is 3.08. The van der Waals surface area contributed by atoms with Crippen molar-refractivity contribution >= 4 is 12.0 Å². The third kappa shape index (κ3) is 3.42. The van der Waals surface area contributed by atoms with Crippen LogP contribution in [0.25, 0.3) is 0 Å². The molecular formula is C14H24N2O4. The van der Waals surface area contributed by atoms with Crippen molar-refractivity contribution in [3.8, 4) is 0 Å². The van der Waals surface area contributed by atoms with Crippen LogP contribution in [-0.4, -0.2) is 66.8 Å². The first-order valence-electron chi connectivity index (χ1n) is 7.29. The molecule has 0 spiro atoms. The molecule has 2 saturated heterocycles. The SMILES string of the molecule is C[C@@H]1CN(C(=O)N(C)CC2CCOCC2)C[C@H]1C(=O)O. The van der Waals surface area contributed by atoms with E-state index >= 15 is 0 Å². The number of hydrogen-bond acceptors (Lipinski definition) is 3. The molecule has 2 atom stereocenters. The van der Waals surface area contributed by atoms with Gasteiger partial charge in [0, 0.05) is 39.9 Å². The third-order valence-electron chi connectivity index (χ3n) is 4.40. The number of carboxylic acids is 1. The summed E-state index contributed by atoms with van der Waals surface area (Å²) in [5.41, 5.74) is 0. The van der Waals surface area contributed by atoms with Gasteiger partial charge in [-0.05, 0) is 24.7 Å². The van der Waals surface area contributed by atoms with Crippen LogP contribution in [-0.2, 0) is 9.53 Å². The van der Waals surface area contributed by atoms with Crippen LogP contribution >= 0.6 is 0 Å². The van der Waals surface area contributed by atoms with E-state index in [4.69, 9.17) is 9.84 Å². The lowest BCUT2D eigenvalue weighted by atomic mass is 9.99. The van der Waals surface area contributed by atoms with Crippen LogP contribution < -0.4 is 0 Å². The topological polar surface area (TPSA) is 70.1 Å². The van der Waals surface area contributed by atoms with Crippen molar-refractivity contribution in [2.24, 2.45) is 17.8 Å². The Morgan fingerprint density at radius 1 is 1.30 bits per heavy atom. The maximum absolute atomic E-state index is 12.4. The quantitative estimate of drug-likeness (QED) is 0.843. The van der Waals surface area contributed by atoms with Gasteiger partial charge >= 0.3 is 12.0 Å². The summed E-state index contributed by atoms with van der Waals surface area (Å²) in [6.07, 6.45) is 1.98. The highest BCUT2D eigenvalue weighted by Crippen LogP contribution is 2.24. The number of urea groups is 1. The molecule has 0 aromatic rings. The highest BCUT2D eigenvalue weighted by atomic mass is 16.5. The Morgan fingerprint density at radius 2 is 1.95 bits per heavy atom. The molecule has 0 aromatic carbocycles. The average Bonchev–Trinajstić information content (AvgIpc) is 2.81. The van der Waals surface area contributed by atoms with E-state index in [0.29, 0.717) is 19.0 Å². The minimum Gasteiger partial charge on any atom is -0.481 e. The summed E-state index contributed by atoms with van der Waals surface area (Å²) in [6, 6.07) is -0.0490. The number of carbonyl (C=O) groups excluding carboxylic acids is 1. The van der Waals surface area contributed by atoms with Crippen molar-refractivity contribution in [3.63, 3.8) is 0 Å². The molecule has 20 heavy (non-hydrogen) atoms. The van der Waals surface area contributed by atoms with Gasteiger partial charge in [0.25, 0.3) is 0 Å². The van der Waals surface area contributed by atoms with Crippen LogP contribution in [0.2, 0.25) is 0 Å². The van der Waals surface area contributed by atoms with E-state index in [9.17, 15) is 9.59 Å². The maximum Gasteiger partial charge on any atom is 0.319 e. The lowest BCUT2D eigenvalue weighted by Gasteiger charge is -2.30. The Kier molecular flexibility index (Phi) is 4.86. The predicted octanol–water partition coefficient (Wildman–Crippen LogP) is 1.12. The number of aliphatic carboxylic acids is 1. The number of carboxylic acid groups (broad SMARTS) is 1. The van der Waals surface area contributed by atoms with Crippen LogP contribution in [0.15, 0.2) is 0 Å². The van der Waals surface area contributed by atoms with Crippen LogP contribution in [0.5, 0.6) is 0 Å². The number of ether oxygens (including phenoxy) is 1. The van der Waals surface area contributed by atoms with Crippen LogP contribution in [0, 0.1) is 17.8 Å². The Morgan fingerprint density at radius 3 is 2.50 bits per heavy atom. The predicted molar refractivity (Wildman–Crippen MR) is 73.4 cm³/mol. The van der Waals surface area contributed by atoms with Gasteiger partial charge in [0.2, 0.25) is 0 Å². The van der Waals surface area contributed by atoms with E-state index in [2.05, 4.69) is 0 Å². The van der Waals surface area contributed by atoms with Crippen molar-refractivity contribution in [2.45, 2.75) is 19.8 Å². The number of hydrogen-bond donors (Lipinski definition) is 1. The van der Waals surface area contributed by atoms with Crippen LogP contribution in [0.4, 0.5) is 4.79 Å². The van der Waals surface area contributed by atoms with Crippen molar-refractivity contribution in [2.75, 3.05) is 39.9 Å². The van der Waals surface area contributed by atoms with Gasteiger partial charge in [-0.15, -0.1) is 0 Å². The Hall–Kier alpha value is -1.30. The van der Waals surface area contributed by atoms with Crippen molar-refractivity contribution < 1.29 is 19.4 Å². The van der Waals surface area contributed by atoms with Gasteiger partial charge in [-0.25, -0.2) is 4.79 Å². The fraction of sp³-hybridized carbons (Fsp3) is 0.857. The summed E-state index contributed by atoms with van der Waals surface area (Å²) >= 11 is 0. The molecule has 6 nitrogen and oxygen atoms in total. The number of rotatable bonds is 3. The Labute approximate surface area is 119 Å². The molecule has 0 unspecified atom stereocenters. The third-order valence-corrected chi connectivity index (χ3v) is 4.40. The molecular weight excluding hydrogens is 260 g/mol. The highest BCUT2D eigenvalue weighted by Gasteiger charge is 2.38. The normalized spacial score (nSPS) is 27.6. The second kappa shape index (κ2) is 6.43. The van der Waals surface area contributed by atoms with E-state index in [1.165, 1.54) is 0 Å². The minimum absolute atomic E-state index is 0.0212. The number of likely N-dealkylation sites (tertiary alicyclic amines) is 1. The summed E-state index contributed by atoms with van der Waals surface area (Å²) in [4.78, 5) is 26.9. The molecule has 2 rings (SSSR count). The average molecular weight is 284 g/mol. The van der Waals surface area contributed by atoms with Gasteiger partial charge < -0.3 is 19.6 Å².